The standard InChI is InChI=1S/C30H23FN6O8S3/c1-45-24-13-10-20(14-21(24)28(40)34-36-25(39)15-46-29(36)16-2-8-19(38)9-3-16)48(43,44)35-30-33-23-12-11-22(31)26(27(23)47-30)32-17-4-6-18(7-5-17)37(41)42/h2-14,29,32,38H,15H2,1H3,(H,33,35)(H,34,40). The number of thioether (sulfide) groups is 1. The minimum atomic E-state index is -4.36. The zero-order valence-electron chi connectivity index (χ0n) is 24.5. The molecule has 0 aliphatic carbocycles. The molecule has 4 aromatic carbocycles. The molecule has 2 amide bonds. The van der Waals surface area contributed by atoms with Crippen LogP contribution in [0.4, 0.5) is 26.6 Å². The van der Waals surface area contributed by atoms with Crippen molar-refractivity contribution in [3.8, 4) is 11.5 Å². The van der Waals surface area contributed by atoms with E-state index in [1.165, 1.54) is 73.5 Å². The number of halogens is 1. The summed E-state index contributed by atoms with van der Waals surface area (Å²) >= 11 is 2.11. The van der Waals surface area contributed by atoms with Gasteiger partial charge in [-0.1, -0.05) is 23.5 Å². The highest BCUT2D eigenvalue weighted by Crippen LogP contribution is 2.39. The number of nitro groups is 1. The van der Waals surface area contributed by atoms with Crippen molar-refractivity contribution >= 4 is 77.3 Å². The number of aromatic nitrogens is 1. The molecule has 0 spiro atoms. The fraction of sp³-hybridized carbons (Fsp3) is 0.100. The maximum Gasteiger partial charge on any atom is 0.273 e. The molecule has 1 aromatic heterocycles. The molecule has 4 N–H and O–H groups in total. The van der Waals surface area contributed by atoms with Crippen LogP contribution in [0.25, 0.3) is 10.2 Å². The van der Waals surface area contributed by atoms with Gasteiger partial charge < -0.3 is 15.2 Å². The van der Waals surface area contributed by atoms with E-state index in [2.05, 4.69) is 20.4 Å². The van der Waals surface area contributed by atoms with Crippen LogP contribution in [0.15, 0.2) is 83.8 Å². The predicted octanol–water partition coefficient (Wildman–Crippen LogP) is 5.52. The van der Waals surface area contributed by atoms with E-state index in [1.54, 1.807) is 12.1 Å². The van der Waals surface area contributed by atoms with E-state index in [1.807, 2.05) is 0 Å². The number of thiazole rings is 1. The van der Waals surface area contributed by atoms with E-state index < -0.39 is 32.0 Å². The van der Waals surface area contributed by atoms with Gasteiger partial charge in [0.2, 0.25) is 0 Å². The first-order chi connectivity index (χ1) is 22.9. The van der Waals surface area contributed by atoms with Gasteiger partial charge in [-0.05, 0) is 60.2 Å². The fourth-order valence-corrected chi connectivity index (χ4v) is 8.07. The third kappa shape index (κ3) is 6.53. The van der Waals surface area contributed by atoms with Crippen molar-refractivity contribution in [2.75, 3.05) is 22.9 Å². The molecule has 5 aromatic rings. The number of nitrogens with zero attached hydrogens (tertiary/aromatic N) is 3. The number of anilines is 3. The van der Waals surface area contributed by atoms with Gasteiger partial charge in [0, 0.05) is 17.8 Å². The summed E-state index contributed by atoms with van der Waals surface area (Å²) in [5.74, 6) is -1.68. The number of ether oxygens (including phenoxy) is 1. The quantitative estimate of drug-likeness (QED) is 0.105. The highest BCUT2D eigenvalue weighted by atomic mass is 32.2. The second-order valence-corrected chi connectivity index (χ2v) is 13.9. The van der Waals surface area contributed by atoms with Crippen molar-refractivity contribution in [2.24, 2.45) is 0 Å². The summed E-state index contributed by atoms with van der Waals surface area (Å²) in [4.78, 5) is 40.5. The maximum absolute atomic E-state index is 14.9. The Bertz CT molecular complexity index is 2180. The van der Waals surface area contributed by atoms with Crippen LogP contribution in [0, 0.1) is 15.9 Å². The molecule has 1 aliphatic rings. The van der Waals surface area contributed by atoms with Crippen LogP contribution in [-0.4, -0.2) is 53.1 Å². The van der Waals surface area contributed by atoms with Crippen molar-refractivity contribution in [3.63, 3.8) is 0 Å². The van der Waals surface area contributed by atoms with Crippen molar-refractivity contribution in [3.05, 3.63) is 106 Å². The Labute approximate surface area is 279 Å². The SMILES string of the molecule is COc1ccc(S(=O)(=O)Nc2nc3ccc(F)c(Nc4ccc([N+](=O)[O-])cc4)c3s2)cc1C(=O)NN1C(=O)CSC1c1ccc(O)cc1. The highest BCUT2D eigenvalue weighted by molar-refractivity contribution is 8.00. The summed E-state index contributed by atoms with van der Waals surface area (Å²) in [5, 5.41) is 23.9. The Morgan fingerprint density at radius 3 is 2.52 bits per heavy atom. The molecule has 1 atom stereocenters. The predicted molar refractivity (Wildman–Crippen MR) is 177 cm³/mol. The molecule has 1 aliphatic heterocycles. The number of hydrogen-bond acceptors (Lipinski definition) is 12. The van der Waals surface area contributed by atoms with Gasteiger partial charge in [-0.25, -0.2) is 22.8 Å². The van der Waals surface area contributed by atoms with Gasteiger partial charge in [0.25, 0.3) is 27.5 Å². The van der Waals surface area contributed by atoms with Gasteiger partial charge >= 0.3 is 0 Å². The van der Waals surface area contributed by atoms with Gasteiger partial charge in [0.1, 0.15) is 22.7 Å². The van der Waals surface area contributed by atoms with Crippen LogP contribution in [-0.2, 0) is 14.8 Å². The second kappa shape index (κ2) is 13.0. The summed E-state index contributed by atoms with van der Waals surface area (Å²) in [6.07, 6.45) is 0. The van der Waals surface area contributed by atoms with E-state index in [0.717, 1.165) is 28.5 Å². The number of benzene rings is 4. The van der Waals surface area contributed by atoms with Crippen LogP contribution in [0.3, 0.4) is 0 Å². The lowest BCUT2D eigenvalue weighted by Gasteiger charge is -2.25. The third-order valence-electron chi connectivity index (χ3n) is 7.07. The molecule has 0 bridgehead atoms. The summed E-state index contributed by atoms with van der Waals surface area (Å²) < 4.78 is 49.8. The van der Waals surface area contributed by atoms with Gasteiger partial charge in [0.05, 0.1) is 44.1 Å². The highest BCUT2D eigenvalue weighted by Gasteiger charge is 2.35. The molecule has 0 saturated carbocycles. The lowest BCUT2D eigenvalue weighted by atomic mass is 10.2. The van der Waals surface area contributed by atoms with E-state index in [0.29, 0.717) is 11.3 Å². The number of sulfonamides is 1. The number of hydrazine groups is 1. The van der Waals surface area contributed by atoms with E-state index in [9.17, 15) is 37.6 Å². The van der Waals surface area contributed by atoms with Crippen molar-refractivity contribution in [1.82, 2.24) is 15.4 Å². The van der Waals surface area contributed by atoms with Crippen LogP contribution in [0.2, 0.25) is 0 Å². The number of phenolic OH excluding ortho intramolecular Hbond substituents is 1. The summed E-state index contributed by atoms with van der Waals surface area (Å²) in [5.41, 5.74) is 3.51. The average Bonchev–Trinajstić information content (AvgIpc) is 3.64. The lowest BCUT2D eigenvalue weighted by molar-refractivity contribution is -0.384. The first-order valence-corrected chi connectivity index (χ1v) is 17.1. The molecule has 1 fully saturated rings. The topological polar surface area (TPSA) is 193 Å². The average molecular weight is 711 g/mol. The number of non-ortho nitro benzene ring substituents is 1. The molecule has 2 heterocycles. The van der Waals surface area contributed by atoms with Gasteiger partial charge in [-0.2, -0.15) is 0 Å². The zero-order chi connectivity index (χ0) is 34.2. The smallest absolute Gasteiger partial charge is 0.273 e. The number of phenols is 1. The molecule has 14 nitrogen and oxygen atoms in total. The van der Waals surface area contributed by atoms with Crippen LogP contribution >= 0.6 is 23.1 Å². The molecule has 1 saturated heterocycles. The van der Waals surface area contributed by atoms with E-state index in [-0.39, 0.29) is 60.3 Å². The van der Waals surface area contributed by atoms with E-state index in [4.69, 9.17) is 4.74 Å². The minimum absolute atomic E-state index is 0.00654. The van der Waals surface area contributed by atoms with Crippen LogP contribution in [0.5, 0.6) is 11.5 Å². The number of aromatic hydroxyl groups is 1. The third-order valence-corrected chi connectivity index (χ3v) is 10.8. The zero-order valence-corrected chi connectivity index (χ0v) is 27.0. The molecular weight excluding hydrogens is 688 g/mol. The first kappa shape index (κ1) is 32.5. The van der Waals surface area contributed by atoms with Crippen LogP contribution in [0.1, 0.15) is 21.3 Å². The first-order valence-electron chi connectivity index (χ1n) is 13.8. The molecule has 246 valence electrons. The number of rotatable bonds is 10. The number of carbonyl (C=O) groups excluding carboxylic acids is 2. The van der Waals surface area contributed by atoms with Crippen LogP contribution < -0.4 is 20.2 Å². The van der Waals surface area contributed by atoms with E-state index >= 15 is 0 Å². The number of methoxy groups -OCH3 is 1. The van der Waals surface area contributed by atoms with Crippen molar-refractivity contribution < 1.29 is 37.2 Å². The van der Waals surface area contributed by atoms with Gasteiger partial charge in [-0.15, -0.1) is 11.8 Å². The molecule has 6 rings (SSSR count). The van der Waals surface area contributed by atoms with Crippen molar-refractivity contribution in [1.29, 1.82) is 0 Å². The minimum Gasteiger partial charge on any atom is -0.508 e. The van der Waals surface area contributed by atoms with Crippen molar-refractivity contribution in [2.45, 2.75) is 10.3 Å². The number of amides is 2. The Morgan fingerprint density at radius 2 is 1.83 bits per heavy atom. The normalized spacial score (nSPS) is 14.6. The second-order valence-electron chi connectivity index (χ2n) is 10.1. The molecular formula is C30H23FN6O8S3. The summed E-state index contributed by atoms with van der Waals surface area (Å²) in [6.45, 7) is 0. The number of carbonyl (C=O) groups is 2. The number of hydrogen-bond donors (Lipinski definition) is 4. The lowest BCUT2D eigenvalue weighted by Crippen LogP contribution is -2.44. The Balaban J connectivity index is 1.25. The Hall–Kier alpha value is -5.46. The monoisotopic (exact) mass is 710 g/mol. The number of fused-ring (bicyclic) bond motifs is 1. The largest absolute Gasteiger partial charge is 0.508 e. The molecule has 18 heteroatoms. The Kier molecular flexibility index (Phi) is 8.78. The number of nitrogens with one attached hydrogen (secondary N) is 3. The van der Waals surface area contributed by atoms with Gasteiger partial charge in [0.15, 0.2) is 5.13 Å². The summed E-state index contributed by atoms with van der Waals surface area (Å²) in [6, 6.07) is 17.6. The summed E-state index contributed by atoms with van der Waals surface area (Å²) in [7, 11) is -3.05. The Morgan fingerprint density at radius 1 is 1.10 bits per heavy atom. The molecule has 1 unspecified atom stereocenters. The molecule has 0 radical (unpaired) electrons. The maximum atomic E-state index is 14.9. The van der Waals surface area contributed by atoms with Gasteiger partial charge in [-0.3, -0.25) is 29.9 Å². The fourth-order valence-electron chi connectivity index (χ4n) is 4.74. The number of nitro benzene ring substituents is 1. The molecule has 48 heavy (non-hydrogen) atoms.